The highest BCUT2D eigenvalue weighted by Gasteiger charge is 2.42. The fraction of sp³-hybridized carbons (Fsp3) is 0.320. The SMILES string of the molecule is CC(C)N1C[C@H](C2c3ccc(Cl)cc3CCc3cc(Cl)ccc32)n2ncc(=O)c(O)c2C1=O. The van der Waals surface area contributed by atoms with Crippen molar-refractivity contribution in [3.8, 4) is 5.75 Å². The third kappa shape index (κ3) is 3.62. The molecule has 170 valence electrons. The van der Waals surface area contributed by atoms with Gasteiger partial charge in [-0.1, -0.05) is 35.3 Å². The van der Waals surface area contributed by atoms with Crippen LogP contribution in [0.1, 0.15) is 58.5 Å². The Morgan fingerprint density at radius 2 is 1.58 bits per heavy atom. The molecule has 8 heteroatoms. The predicted molar refractivity (Wildman–Crippen MR) is 128 cm³/mol. The summed E-state index contributed by atoms with van der Waals surface area (Å²) in [5.41, 5.74) is 3.70. The van der Waals surface area contributed by atoms with Gasteiger partial charge in [0.25, 0.3) is 5.91 Å². The second kappa shape index (κ2) is 8.19. The average Bonchev–Trinajstić information content (AvgIpc) is 2.92. The molecule has 0 saturated heterocycles. The first-order chi connectivity index (χ1) is 15.8. The number of hydrogen-bond acceptors (Lipinski definition) is 4. The quantitative estimate of drug-likeness (QED) is 0.578. The van der Waals surface area contributed by atoms with Crippen molar-refractivity contribution >= 4 is 29.1 Å². The minimum atomic E-state index is -0.667. The molecule has 0 fully saturated rings. The molecule has 0 spiro atoms. The van der Waals surface area contributed by atoms with Gasteiger partial charge in [-0.05, 0) is 73.2 Å². The summed E-state index contributed by atoms with van der Waals surface area (Å²) in [7, 11) is 0. The number of nitrogens with zero attached hydrogens (tertiary/aromatic N) is 3. The number of hydrogen-bond donors (Lipinski definition) is 1. The van der Waals surface area contributed by atoms with Gasteiger partial charge in [0.05, 0.1) is 12.2 Å². The Morgan fingerprint density at radius 1 is 1.00 bits per heavy atom. The molecule has 1 aromatic heterocycles. The maximum Gasteiger partial charge on any atom is 0.276 e. The minimum absolute atomic E-state index is 0.0669. The lowest BCUT2D eigenvalue weighted by Crippen LogP contribution is -2.49. The van der Waals surface area contributed by atoms with Crippen LogP contribution in [0, 0.1) is 0 Å². The van der Waals surface area contributed by atoms with E-state index in [0.29, 0.717) is 16.6 Å². The second-order valence-corrected chi connectivity index (χ2v) is 9.81. The van der Waals surface area contributed by atoms with E-state index in [0.717, 1.165) is 41.3 Å². The first kappa shape index (κ1) is 22.0. The molecule has 1 aliphatic carbocycles. The van der Waals surface area contributed by atoms with Crippen molar-refractivity contribution in [2.75, 3.05) is 6.54 Å². The summed E-state index contributed by atoms with van der Waals surface area (Å²) < 4.78 is 1.53. The Labute approximate surface area is 201 Å². The zero-order valence-corrected chi connectivity index (χ0v) is 19.8. The third-order valence-electron chi connectivity index (χ3n) is 6.70. The standard InChI is InChI=1S/C25H23Cl2N3O3/c1-13(2)29-12-20(30-23(25(29)33)24(32)21(31)11-28-30)22-18-7-5-16(26)9-14(18)3-4-15-10-17(27)6-8-19(15)22/h5-11,13,20,22,32H,3-4,12H2,1-2H3/t20-/m1/s1. The molecule has 1 N–H and O–H groups in total. The predicted octanol–water partition coefficient (Wildman–Crippen LogP) is 4.59. The van der Waals surface area contributed by atoms with Gasteiger partial charge in [-0.15, -0.1) is 0 Å². The number of carbonyl (C=O) groups is 1. The number of amides is 1. The van der Waals surface area contributed by atoms with Crippen molar-refractivity contribution in [3.63, 3.8) is 0 Å². The van der Waals surface area contributed by atoms with Crippen LogP contribution in [0.5, 0.6) is 5.75 Å². The molecule has 5 rings (SSSR count). The molecule has 6 nitrogen and oxygen atoms in total. The van der Waals surface area contributed by atoms with Gasteiger partial charge in [0.1, 0.15) is 0 Å². The van der Waals surface area contributed by atoms with Gasteiger partial charge in [0, 0.05) is 28.5 Å². The Hall–Kier alpha value is -2.83. The van der Waals surface area contributed by atoms with Crippen LogP contribution in [0.25, 0.3) is 0 Å². The second-order valence-electron chi connectivity index (χ2n) is 8.93. The van der Waals surface area contributed by atoms with E-state index in [9.17, 15) is 14.7 Å². The molecule has 2 heterocycles. The fourth-order valence-electron chi connectivity index (χ4n) is 5.14. The van der Waals surface area contributed by atoms with E-state index >= 15 is 0 Å². The largest absolute Gasteiger partial charge is 0.502 e. The minimum Gasteiger partial charge on any atom is -0.502 e. The van der Waals surface area contributed by atoms with Crippen LogP contribution < -0.4 is 5.43 Å². The summed E-state index contributed by atoms with van der Waals surface area (Å²) in [5.74, 6) is -1.15. The molecule has 1 aliphatic heterocycles. The van der Waals surface area contributed by atoms with Crippen LogP contribution in [-0.2, 0) is 12.8 Å². The van der Waals surface area contributed by atoms with Crippen molar-refractivity contribution < 1.29 is 9.90 Å². The van der Waals surface area contributed by atoms with Crippen molar-refractivity contribution in [1.82, 2.24) is 14.7 Å². The van der Waals surface area contributed by atoms with E-state index in [1.54, 1.807) is 4.90 Å². The van der Waals surface area contributed by atoms with Gasteiger partial charge in [-0.3, -0.25) is 14.3 Å². The van der Waals surface area contributed by atoms with Crippen LogP contribution in [-0.4, -0.2) is 38.3 Å². The molecule has 3 aromatic rings. The molecule has 0 radical (unpaired) electrons. The lowest BCUT2D eigenvalue weighted by atomic mass is 9.81. The molecule has 1 atom stereocenters. The van der Waals surface area contributed by atoms with Gasteiger partial charge in [-0.25, -0.2) is 0 Å². The van der Waals surface area contributed by atoms with E-state index in [2.05, 4.69) is 5.10 Å². The molecule has 2 aromatic carbocycles. The molecular weight excluding hydrogens is 461 g/mol. The molecule has 33 heavy (non-hydrogen) atoms. The number of aryl methyl sites for hydroxylation is 2. The van der Waals surface area contributed by atoms with Gasteiger partial charge in [0.2, 0.25) is 5.43 Å². The van der Waals surface area contributed by atoms with Crippen LogP contribution >= 0.6 is 23.2 Å². The summed E-state index contributed by atoms with van der Waals surface area (Å²) in [6.45, 7) is 4.23. The summed E-state index contributed by atoms with van der Waals surface area (Å²) >= 11 is 12.7. The van der Waals surface area contributed by atoms with Crippen LogP contribution in [0.15, 0.2) is 47.4 Å². The topological polar surface area (TPSA) is 75.4 Å². The lowest BCUT2D eigenvalue weighted by molar-refractivity contribution is 0.0570. The summed E-state index contributed by atoms with van der Waals surface area (Å²) in [6, 6.07) is 11.3. The number of halogens is 2. The maximum absolute atomic E-state index is 13.2. The molecule has 1 amide bonds. The van der Waals surface area contributed by atoms with Crippen LogP contribution in [0.3, 0.4) is 0 Å². The number of fused-ring (bicyclic) bond motifs is 3. The number of rotatable bonds is 2. The van der Waals surface area contributed by atoms with Crippen molar-refractivity contribution in [2.45, 2.75) is 44.7 Å². The van der Waals surface area contributed by atoms with Crippen molar-refractivity contribution in [3.05, 3.63) is 90.8 Å². The zero-order chi connectivity index (χ0) is 23.4. The third-order valence-corrected chi connectivity index (χ3v) is 7.17. The molecular formula is C25H23Cl2N3O3. The molecule has 0 bridgehead atoms. The highest BCUT2D eigenvalue weighted by Crippen LogP contribution is 2.45. The number of benzene rings is 2. The summed E-state index contributed by atoms with van der Waals surface area (Å²) in [6.07, 6.45) is 2.68. The highest BCUT2D eigenvalue weighted by molar-refractivity contribution is 6.31. The zero-order valence-electron chi connectivity index (χ0n) is 18.3. The smallest absolute Gasteiger partial charge is 0.276 e. The Balaban J connectivity index is 1.80. The maximum atomic E-state index is 13.2. The molecule has 2 aliphatic rings. The Kier molecular flexibility index (Phi) is 5.46. The fourth-order valence-corrected chi connectivity index (χ4v) is 5.53. The van der Waals surface area contributed by atoms with E-state index in [-0.39, 0.29) is 23.7 Å². The van der Waals surface area contributed by atoms with Crippen LogP contribution in [0.2, 0.25) is 10.0 Å². The van der Waals surface area contributed by atoms with Gasteiger partial charge in [0.15, 0.2) is 11.4 Å². The summed E-state index contributed by atoms with van der Waals surface area (Å²) in [4.78, 5) is 27.1. The van der Waals surface area contributed by atoms with E-state index in [1.807, 2.05) is 50.2 Å². The van der Waals surface area contributed by atoms with Gasteiger partial charge >= 0.3 is 0 Å². The van der Waals surface area contributed by atoms with E-state index in [1.165, 1.54) is 4.68 Å². The lowest BCUT2D eigenvalue weighted by Gasteiger charge is -2.41. The molecule has 0 unspecified atom stereocenters. The average molecular weight is 484 g/mol. The van der Waals surface area contributed by atoms with Crippen molar-refractivity contribution in [2.24, 2.45) is 0 Å². The monoisotopic (exact) mass is 483 g/mol. The summed E-state index contributed by atoms with van der Waals surface area (Å²) in [5, 5.41) is 16.3. The van der Waals surface area contributed by atoms with Crippen molar-refractivity contribution in [1.29, 1.82) is 0 Å². The first-order valence-corrected chi connectivity index (χ1v) is 11.7. The van der Waals surface area contributed by atoms with Gasteiger partial charge in [-0.2, -0.15) is 5.10 Å². The Morgan fingerprint density at radius 3 is 2.12 bits per heavy atom. The number of aromatic nitrogens is 2. The Bertz CT molecular complexity index is 1280. The van der Waals surface area contributed by atoms with E-state index < -0.39 is 17.1 Å². The first-order valence-electron chi connectivity index (χ1n) is 10.9. The molecule has 0 saturated carbocycles. The number of aromatic hydroxyl groups is 1. The number of carbonyl (C=O) groups excluding carboxylic acids is 1. The normalized spacial score (nSPS) is 18.0. The van der Waals surface area contributed by atoms with Crippen LogP contribution in [0.4, 0.5) is 0 Å². The van der Waals surface area contributed by atoms with E-state index in [4.69, 9.17) is 23.2 Å². The highest BCUT2D eigenvalue weighted by atomic mass is 35.5. The van der Waals surface area contributed by atoms with Gasteiger partial charge < -0.3 is 10.0 Å².